The van der Waals surface area contributed by atoms with Gasteiger partial charge in [0, 0.05) is 26.8 Å². The first-order chi connectivity index (χ1) is 13.8. The maximum Gasteiger partial charge on any atom is 0.243 e. The molecule has 0 bridgehead atoms. The molecule has 156 valence electrons. The van der Waals surface area contributed by atoms with Crippen LogP contribution in [0.5, 0.6) is 0 Å². The summed E-state index contributed by atoms with van der Waals surface area (Å²) >= 11 is 0. The van der Waals surface area contributed by atoms with Crippen LogP contribution in [-0.2, 0) is 20.9 Å². The first kappa shape index (κ1) is 21.0. The normalized spacial score (nSPS) is 22.0. The number of anilines is 1. The number of allylic oxidation sites excluding steroid dienone is 2. The number of hydrogen-bond acceptors (Lipinski definition) is 5. The maximum atomic E-state index is 13.1. The number of imide groups is 1. The number of nitrogens with zero attached hydrogens (tertiary/aromatic N) is 3. The smallest absolute Gasteiger partial charge is 0.243 e. The van der Waals surface area contributed by atoms with Crippen molar-refractivity contribution in [2.45, 2.75) is 45.7 Å². The van der Waals surface area contributed by atoms with Crippen molar-refractivity contribution in [2.75, 3.05) is 19.0 Å². The van der Waals surface area contributed by atoms with Gasteiger partial charge in [-0.05, 0) is 42.9 Å². The third-order valence-corrected chi connectivity index (χ3v) is 5.59. The molecule has 2 heterocycles. The van der Waals surface area contributed by atoms with Gasteiger partial charge >= 0.3 is 0 Å². The summed E-state index contributed by atoms with van der Waals surface area (Å²) in [6.07, 6.45) is 7.22. The monoisotopic (exact) mass is 398 g/mol. The molecule has 3 unspecified atom stereocenters. The van der Waals surface area contributed by atoms with Gasteiger partial charge in [0.15, 0.2) is 0 Å². The van der Waals surface area contributed by atoms with E-state index < -0.39 is 6.04 Å². The maximum absolute atomic E-state index is 13.1. The molecular formula is C22H30N4O3. The first-order valence-corrected chi connectivity index (χ1v) is 10.2. The van der Waals surface area contributed by atoms with E-state index in [1.807, 2.05) is 57.1 Å². The number of amides is 3. The highest BCUT2D eigenvalue weighted by atomic mass is 16.2. The second kappa shape index (κ2) is 8.76. The number of nitrogens with one attached hydrogen (secondary N) is 1. The molecule has 0 aromatic carbocycles. The van der Waals surface area contributed by atoms with Crippen molar-refractivity contribution in [3.63, 3.8) is 0 Å². The van der Waals surface area contributed by atoms with Crippen LogP contribution in [0.3, 0.4) is 0 Å². The van der Waals surface area contributed by atoms with Crippen LogP contribution >= 0.6 is 0 Å². The molecule has 3 amide bonds. The molecular weight excluding hydrogens is 368 g/mol. The Morgan fingerprint density at radius 1 is 1.21 bits per heavy atom. The fourth-order valence-corrected chi connectivity index (χ4v) is 4.03. The summed E-state index contributed by atoms with van der Waals surface area (Å²) in [5.74, 6) is -0.357. The highest BCUT2D eigenvalue weighted by Gasteiger charge is 2.51. The van der Waals surface area contributed by atoms with E-state index in [9.17, 15) is 14.4 Å². The quantitative estimate of drug-likeness (QED) is 0.562. The van der Waals surface area contributed by atoms with Crippen molar-refractivity contribution < 1.29 is 14.4 Å². The van der Waals surface area contributed by atoms with Crippen molar-refractivity contribution in [3.8, 4) is 0 Å². The van der Waals surface area contributed by atoms with Crippen molar-refractivity contribution in [1.82, 2.24) is 15.2 Å². The number of carbonyl (C=O) groups is 3. The second-order valence-corrected chi connectivity index (χ2v) is 8.48. The lowest BCUT2D eigenvalue weighted by Gasteiger charge is -2.27. The summed E-state index contributed by atoms with van der Waals surface area (Å²) in [6.45, 7) is 4.31. The van der Waals surface area contributed by atoms with Crippen LogP contribution < -0.4 is 10.2 Å². The molecule has 1 aromatic heterocycles. The van der Waals surface area contributed by atoms with Crippen molar-refractivity contribution in [1.29, 1.82) is 0 Å². The molecule has 7 heteroatoms. The molecule has 1 aliphatic heterocycles. The lowest BCUT2D eigenvalue weighted by atomic mass is 9.85. The van der Waals surface area contributed by atoms with Crippen LogP contribution in [0.2, 0.25) is 0 Å². The Kier molecular flexibility index (Phi) is 6.35. The van der Waals surface area contributed by atoms with Gasteiger partial charge in [-0.25, -0.2) is 4.98 Å². The van der Waals surface area contributed by atoms with E-state index in [0.29, 0.717) is 25.8 Å². The zero-order valence-corrected chi connectivity index (χ0v) is 17.6. The molecule has 29 heavy (non-hydrogen) atoms. The van der Waals surface area contributed by atoms with E-state index in [1.165, 1.54) is 4.90 Å². The van der Waals surface area contributed by atoms with Gasteiger partial charge < -0.3 is 10.2 Å². The highest BCUT2D eigenvalue weighted by Crippen LogP contribution is 2.37. The zero-order valence-electron chi connectivity index (χ0n) is 17.6. The van der Waals surface area contributed by atoms with Crippen molar-refractivity contribution in [2.24, 2.45) is 17.8 Å². The molecule has 1 fully saturated rings. The molecule has 1 saturated heterocycles. The molecule has 1 aromatic rings. The van der Waals surface area contributed by atoms with Gasteiger partial charge in [0.1, 0.15) is 11.9 Å². The Morgan fingerprint density at radius 2 is 1.83 bits per heavy atom. The Bertz CT molecular complexity index is 792. The Balaban J connectivity index is 1.75. The number of pyridine rings is 1. The summed E-state index contributed by atoms with van der Waals surface area (Å²) < 4.78 is 0. The van der Waals surface area contributed by atoms with E-state index in [4.69, 9.17) is 0 Å². The fraction of sp³-hybridized carbons (Fsp3) is 0.545. The van der Waals surface area contributed by atoms with E-state index in [0.717, 1.165) is 11.4 Å². The van der Waals surface area contributed by atoms with Crippen molar-refractivity contribution >= 4 is 23.5 Å². The molecule has 1 aliphatic carbocycles. The first-order valence-electron chi connectivity index (χ1n) is 10.2. The predicted molar refractivity (Wildman–Crippen MR) is 111 cm³/mol. The minimum absolute atomic E-state index is 0.174. The van der Waals surface area contributed by atoms with Crippen molar-refractivity contribution in [3.05, 3.63) is 36.0 Å². The second-order valence-electron chi connectivity index (χ2n) is 8.48. The lowest BCUT2D eigenvalue weighted by Crippen LogP contribution is -2.50. The van der Waals surface area contributed by atoms with Gasteiger partial charge in [-0.15, -0.1) is 0 Å². The molecule has 3 rings (SSSR count). The lowest BCUT2D eigenvalue weighted by molar-refractivity contribution is -0.148. The van der Waals surface area contributed by atoms with Crippen LogP contribution in [0.1, 0.15) is 38.7 Å². The van der Waals surface area contributed by atoms with Crippen LogP contribution in [-0.4, -0.2) is 47.7 Å². The molecule has 0 saturated carbocycles. The van der Waals surface area contributed by atoms with Gasteiger partial charge in [-0.1, -0.05) is 26.0 Å². The average Bonchev–Trinajstić information content (AvgIpc) is 2.95. The minimum Gasteiger partial charge on any atom is -0.363 e. The summed E-state index contributed by atoms with van der Waals surface area (Å²) in [5.41, 5.74) is 0.914. The third-order valence-electron chi connectivity index (χ3n) is 5.59. The van der Waals surface area contributed by atoms with E-state index in [-0.39, 0.29) is 35.5 Å². The summed E-state index contributed by atoms with van der Waals surface area (Å²) in [6, 6.07) is 2.98. The molecule has 2 aliphatic rings. The Morgan fingerprint density at radius 3 is 2.38 bits per heavy atom. The molecule has 0 spiro atoms. The zero-order chi connectivity index (χ0) is 21.1. The Hall–Kier alpha value is -2.70. The average molecular weight is 399 g/mol. The van der Waals surface area contributed by atoms with Crippen LogP contribution in [0, 0.1) is 17.8 Å². The minimum atomic E-state index is -0.768. The number of hydrogen-bond donors (Lipinski definition) is 1. The van der Waals surface area contributed by atoms with Gasteiger partial charge in [0.2, 0.25) is 17.7 Å². The van der Waals surface area contributed by atoms with E-state index in [2.05, 4.69) is 10.3 Å². The third kappa shape index (κ3) is 4.49. The predicted octanol–water partition coefficient (Wildman–Crippen LogP) is 2.13. The fourth-order valence-electron chi connectivity index (χ4n) is 4.03. The van der Waals surface area contributed by atoms with Crippen LogP contribution in [0.15, 0.2) is 30.5 Å². The standard InChI is InChI=1S/C22H30N4O3/c1-14(2)11-18(26-21(28)16-7-5-6-8-17(16)22(26)29)20(27)24-13-15-9-10-23-19(12-15)25(3)4/h5-6,9-10,12,14,16-18H,7-8,11,13H2,1-4H3,(H,24,27). The molecule has 0 radical (unpaired) electrons. The van der Waals surface area contributed by atoms with Gasteiger partial charge in [0.05, 0.1) is 11.8 Å². The SMILES string of the molecule is CC(C)CC(C(=O)NCc1ccnc(N(C)C)c1)N1C(=O)C2CC=CCC2C1=O. The number of likely N-dealkylation sites (tertiary alicyclic amines) is 1. The highest BCUT2D eigenvalue weighted by molar-refractivity contribution is 6.08. The molecule has 3 atom stereocenters. The summed E-state index contributed by atoms with van der Waals surface area (Å²) in [7, 11) is 3.81. The number of fused-ring (bicyclic) bond motifs is 1. The summed E-state index contributed by atoms with van der Waals surface area (Å²) in [5, 5.41) is 2.92. The van der Waals surface area contributed by atoms with E-state index >= 15 is 0 Å². The molecule has 7 nitrogen and oxygen atoms in total. The van der Waals surface area contributed by atoms with E-state index in [1.54, 1.807) is 6.20 Å². The molecule has 1 N–H and O–H groups in total. The van der Waals surface area contributed by atoms with Crippen LogP contribution in [0.25, 0.3) is 0 Å². The van der Waals surface area contributed by atoms with Gasteiger partial charge in [-0.2, -0.15) is 0 Å². The van der Waals surface area contributed by atoms with Crippen LogP contribution in [0.4, 0.5) is 5.82 Å². The number of carbonyl (C=O) groups excluding carboxylic acids is 3. The topological polar surface area (TPSA) is 82.6 Å². The number of rotatable bonds is 7. The largest absolute Gasteiger partial charge is 0.363 e. The summed E-state index contributed by atoms with van der Waals surface area (Å²) in [4.78, 5) is 46.4. The van der Waals surface area contributed by atoms with Gasteiger partial charge in [-0.3, -0.25) is 19.3 Å². The number of aromatic nitrogens is 1. The van der Waals surface area contributed by atoms with Gasteiger partial charge in [0.25, 0.3) is 0 Å². The Labute approximate surface area is 172 Å².